The molecule has 0 atom stereocenters. The van der Waals surface area contributed by atoms with E-state index in [0.29, 0.717) is 13.0 Å². The molecule has 1 aromatic heterocycles. The average molecular weight is 226 g/mol. The van der Waals surface area contributed by atoms with Gasteiger partial charge in [0, 0.05) is 25.4 Å². The number of carbonyl (C=O) groups is 1. The molecule has 0 aliphatic carbocycles. The molecule has 3 nitrogen and oxygen atoms in total. The highest BCUT2D eigenvalue weighted by Gasteiger charge is 1.97. The van der Waals surface area contributed by atoms with E-state index in [1.165, 1.54) is 0 Å². The number of aromatic nitrogens is 2. The number of rotatable bonds is 5. The van der Waals surface area contributed by atoms with E-state index in [9.17, 15) is 4.79 Å². The van der Waals surface area contributed by atoms with E-state index < -0.39 is 0 Å². The van der Waals surface area contributed by atoms with Gasteiger partial charge in [-0.05, 0) is 11.6 Å². The minimum absolute atomic E-state index is 0.127. The van der Waals surface area contributed by atoms with Gasteiger partial charge in [0.25, 0.3) is 0 Å². The zero-order valence-corrected chi connectivity index (χ0v) is 9.49. The van der Waals surface area contributed by atoms with Crippen molar-refractivity contribution in [2.24, 2.45) is 0 Å². The smallest absolute Gasteiger partial charge is 0.157 e. The Kier molecular flexibility index (Phi) is 3.86. The lowest BCUT2D eigenvalue weighted by molar-refractivity contribution is -0.114. The Labute approximate surface area is 100 Å². The second kappa shape index (κ2) is 5.80. The molecule has 3 heteroatoms. The summed E-state index contributed by atoms with van der Waals surface area (Å²) in [5.74, 6) is 0.127. The molecular formula is C14H14N2O. The summed E-state index contributed by atoms with van der Waals surface area (Å²) in [6, 6.07) is 9.81. The topological polar surface area (TPSA) is 34.9 Å². The molecule has 17 heavy (non-hydrogen) atoms. The number of imidazole rings is 1. The lowest BCUT2D eigenvalue weighted by atomic mass is 10.2. The van der Waals surface area contributed by atoms with E-state index in [0.717, 1.165) is 5.56 Å². The SMILES string of the molecule is O=C(/C=C/c1ccccc1)CCn1ccnc1. The molecule has 0 unspecified atom stereocenters. The van der Waals surface area contributed by atoms with Crippen LogP contribution >= 0.6 is 0 Å². The van der Waals surface area contributed by atoms with Crippen LogP contribution in [0.3, 0.4) is 0 Å². The minimum atomic E-state index is 0.127. The zero-order chi connectivity index (χ0) is 11.9. The molecule has 0 radical (unpaired) electrons. The van der Waals surface area contributed by atoms with Crippen molar-refractivity contribution in [3.05, 3.63) is 60.7 Å². The quantitative estimate of drug-likeness (QED) is 0.734. The van der Waals surface area contributed by atoms with Crippen LogP contribution in [0.25, 0.3) is 6.08 Å². The average Bonchev–Trinajstić information content (AvgIpc) is 2.88. The number of hydrogen-bond donors (Lipinski definition) is 0. The van der Waals surface area contributed by atoms with Crippen LogP contribution in [-0.4, -0.2) is 15.3 Å². The molecule has 0 fully saturated rings. The van der Waals surface area contributed by atoms with Crippen molar-refractivity contribution in [1.82, 2.24) is 9.55 Å². The number of allylic oxidation sites excluding steroid dienone is 1. The van der Waals surface area contributed by atoms with Crippen LogP contribution in [0.5, 0.6) is 0 Å². The molecule has 0 N–H and O–H groups in total. The summed E-state index contributed by atoms with van der Waals surface area (Å²) in [6.45, 7) is 0.679. The Balaban J connectivity index is 1.83. The molecule has 1 aromatic carbocycles. The molecule has 0 aliphatic heterocycles. The zero-order valence-electron chi connectivity index (χ0n) is 9.49. The molecule has 2 aromatic rings. The fourth-order valence-corrected chi connectivity index (χ4v) is 1.49. The summed E-state index contributed by atoms with van der Waals surface area (Å²) >= 11 is 0. The Morgan fingerprint density at radius 3 is 2.82 bits per heavy atom. The molecule has 2 rings (SSSR count). The van der Waals surface area contributed by atoms with E-state index in [1.54, 1.807) is 18.6 Å². The summed E-state index contributed by atoms with van der Waals surface area (Å²) in [6.07, 6.45) is 9.26. The highest BCUT2D eigenvalue weighted by Crippen LogP contribution is 2.02. The van der Waals surface area contributed by atoms with E-state index >= 15 is 0 Å². The molecule has 0 bridgehead atoms. The van der Waals surface area contributed by atoms with Gasteiger partial charge < -0.3 is 4.57 Å². The van der Waals surface area contributed by atoms with Gasteiger partial charge in [0.1, 0.15) is 0 Å². The first kappa shape index (κ1) is 11.3. The first-order valence-electron chi connectivity index (χ1n) is 5.56. The molecule has 86 valence electrons. The van der Waals surface area contributed by atoms with Crippen molar-refractivity contribution in [3.63, 3.8) is 0 Å². The fourth-order valence-electron chi connectivity index (χ4n) is 1.49. The van der Waals surface area contributed by atoms with Crippen molar-refractivity contribution < 1.29 is 4.79 Å². The lowest BCUT2D eigenvalue weighted by Crippen LogP contribution is -2.01. The van der Waals surface area contributed by atoms with Crippen molar-refractivity contribution in [3.8, 4) is 0 Å². The van der Waals surface area contributed by atoms with Crippen molar-refractivity contribution in [1.29, 1.82) is 0 Å². The third-order valence-corrected chi connectivity index (χ3v) is 2.44. The van der Waals surface area contributed by atoms with Crippen molar-refractivity contribution in [2.45, 2.75) is 13.0 Å². The van der Waals surface area contributed by atoms with Gasteiger partial charge in [-0.1, -0.05) is 36.4 Å². The molecular weight excluding hydrogens is 212 g/mol. The number of ketones is 1. The van der Waals surface area contributed by atoms with Gasteiger partial charge in [0.2, 0.25) is 0 Å². The number of hydrogen-bond acceptors (Lipinski definition) is 2. The van der Waals surface area contributed by atoms with Gasteiger partial charge in [-0.2, -0.15) is 0 Å². The van der Waals surface area contributed by atoms with Gasteiger partial charge in [0.05, 0.1) is 6.33 Å². The van der Waals surface area contributed by atoms with Gasteiger partial charge >= 0.3 is 0 Å². The van der Waals surface area contributed by atoms with Crippen molar-refractivity contribution >= 4 is 11.9 Å². The summed E-state index contributed by atoms with van der Waals surface area (Å²) < 4.78 is 1.90. The summed E-state index contributed by atoms with van der Waals surface area (Å²) in [5.41, 5.74) is 1.04. The Morgan fingerprint density at radius 2 is 2.12 bits per heavy atom. The molecule has 0 aliphatic rings. The van der Waals surface area contributed by atoms with Gasteiger partial charge in [-0.25, -0.2) is 4.98 Å². The maximum absolute atomic E-state index is 11.6. The van der Waals surface area contributed by atoms with E-state index in [-0.39, 0.29) is 5.78 Å². The molecule has 0 amide bonds. The Hall–Kier alpha value is -2.16. The Morgan fingerprint density at radius 1 is 1.29 bits per heavy atom. The Bertz CT molecular complexity index is 486. The van der Waals surface area contributed by atoms with Gasteiger partial charge in [-0.15, -0.1) is 0 Å². The highest BCUT2D eigenvalue weighted by atomic mass is 16.1. The summed E-state index contributed by atoms with van der Waals surface area (Å²) in [5, 5.41) is 0. The third-order valence-electron chi connectivity index (χ3n) is 2.44. The first-order chi connectivity index (χ1) is 8.34. The number of carbonyl (C=O) groups excluding carboxylic acids is 1. The fraction of sp³-hybridized carbons (Fsp3) is 0.143. The number of benzene rings is 1. The second-order valence-electron chi connectivity index (χ2n) is 3.76. The van der Waals surface area contributed by atoms with Crippen LogP contribution < -0.4 is 0 Å². The predicted octanol–water partition coefficient (Wildman–Crippen LogP) is 2.56. The molecule has 0 spiro atoms. The van der Waals surface area contributed by atoms with Crippen LogP contribution in [0.2, 0.25) is 0 Å². The summed E-state index contributed by atoms with van der Waals surface area (Å²) in [4.78, 5) is 15.5. The minimum Gasteiger partial charge on any atom is -0.337 e. The first-order valence-corrected chi connectivity index (χ1v) is 5.56. The van der Waals surface area contributed by atoms with Gasteiger partial charge in [0.15, 0.2) is 5.78 Å². The molecule has 0 saturated heterocycles. The lowest BCUT2D eigenvalue weighted by Gasteiger charge is -1.98. The largest absolute Gasteiger partial charge is 0.337 e. The van der Waals surface area contributed by atoms with E-state index in [1.807, 2.05) is 47.2 Å². The van der Waals surface area contributed by atoms with E-state index in [4.69, 9.17) is 0 Å². The normalized spacial score (nSPS) is 10.8. The van der Waals surface area contributed by atoms with Crippen LogP contribution in [-0.2, 0) is 11.3 Å². The maximum Gasteiger partial charge on any atom is 0.157 e. The van der Waals surface area contributed by atoms with Gasteiger partial charge in [-0.3, -0.25) is 4.79 Å². The van der Waals surface area contributed by atoms with Crippen LogP contribution in [0.4, 0.5) is 0 Å². The maximum atomic E-state index is 11.6. The van der Waals surface area contributed by atoms with Crippen LogP contribution in [0, 0.1) is 0 Å². The van der Waals surface area contributed by atoms with Crippen LogP contribution in [0.15, 0.2) is 55.1 Å². The van der Waals surface area contributed by atoms with Crippen molar-refractivity contribution in [2.75, 3.05) is 0 Å². The third kappa shape index (κ3) is 3.72. The molecule has 0 saturated carbocycles. The monoisotopic (exact) mass is 226 g/mol. The van der Waals surface area contributed by atoms with Crippen LogP contribution in [0.1, 0.15) is 12.0 Å². The number of aryl methyl sites for hydroxylation is 1. The summed E-state index contributed by atoms with van der Waals surface area (Å²) in [7, 11) is 0. The number of nitrogens with zero attached hydrogens (tertiary/aromatic N) is 2. The second-order valence-corrected chi connectivity index (χ2v) is 3.76. The highest BCUT2D eigenvalue weighted by molar-refractivity contribution is 5.93. The van der Waals surface area contributed by atoms with E-state index in [2.05, 4.69) is 4.98 Å². The molecule has 1 heterocycles. The standard InChI is InChI=1S/C14H14N2O/c17-14(8-10-16-11-9-15-12-16)7-6-13-4-2-1-3-5-13/h1-7,9,11-12H,8,10H2/b7-6+. The predicted molar refractivity (Wildman–Crippen MR) is 67.3 cm³/mol.